The summed E-state index contributed by atoms with van der Waals surface area (Å²) in [5, 5.41) is 6.37. The fourth-order valence-corrected chi connectivity index (χ4v) is 4.58. The first-order valence-electron chi connectivity index (χ1n) is 7.22. The van der Waals surface area contributed by atoms with Gasteiger partial charge in [0.2, 0.25) is 10.0 Å². The SMILES string of the molecule is Cn1cccc1C1CCCCCN1S(=O)(=O)c1cn[nH]c1. The monoisotopic (exact) mass is 308 g/mol. The first-order valence-corrected chi connectivity index (χ1v) is 8.66. The van der Waals surface area contributed by atoms with Crippen LogP contribution in [-0.4, -0.2) is 34.0 Å². The fourth-order valence-electron chi connectivity index (χ4n) is 3.00. The Labute approximate surface area is 124 Å². The van der Waals surface area contributed by atoms with Gasteiger partial charge in [0.05, 0.1) is 12.2 Å². The predicted molar refractivity (Wildman–Crippen MR) is 79.1 cm³/mol. The van der Waals surface area contributed by atoms with E-state index in [1.807, 2.05) is 29.9 Å². The van der Waals surface area contributed by atoms with Gasteiger partial charge >= 0.3 is 0 Å². The van der Waals surface area contributed by atoms with Gasteiger partial charge < -0.3 is 4.57 Å². The number of nitrogens with one attached hydrogen (secondary N) is 1. The minimum Gasteiger partial charge on any atom is -0.353 e. The minimum atomic E-state index is -3.51. The average Bonchev–Trinajstić information content (AvgIpc) is 3.06. The van der Waals surface area contributed by atoms with Gasteiger partial charge in [-0.05, 0) is 25.0 Å². The zero-order chi connectivity index (χ0) is 14.9. The van der Waals surface area contributed by atoms with Crippen LogP contribution in [0.3, 0.4) is 0 Å². The highest BCUT2D eigenvalue weighted by Gasteiger charge is 2.34. The van der Waals surface area contributed by atoms with Crippen molar-refractivity contribution in [2.75, 3.05) is 6.54 Å². The quantitative estimate of drug-likeness (QED) is 0.943. The van der Waals surface area contributed by atoms with Crippen LogP contribution in [-0.2, 0) is 17.1 Å². The Morgan fingerprint density at radius 3 is 2.86 bits per heavy atom. The summed E-state index contributed by atoms with van der Waals surface area (Å²) in [5.41, 5.74) is 1.05. The summed E-state index contributed by atoms with van der Waals surface area (Å²) in [5.74, 6) is 0. The van der Waals surface area contributed by atoms with Gasteiger partial charge in [0.1, 0.15) is 4.90 Å². The Bertz CT molecular complexity index is 690. The predicted octanol–water partition coefficient (Wildman–Crippen LogP) is 2.05. The molecule has 21 heavy (non-hydrogen) atoms. The van der Waals surface area contributed by atoms with Crippen LogP contribution in [0, 0.1) is 0 Å². The molecule has 1 aliphatic heterocycles. The lowest BCUT2D eigenvalue weighted by atomic mass is 10.1. The summed E-state index contributed by atoms with van der Waals surface area (Å²) in [6.45, 7) is 0.559. The summed E-state index contributed by atoms with van der Waals surface area (Å²) >= 11 is 0. The van der Waals surface area contributed by atoms with Gasteiger partial charge in [-0.25, -0.2) is 8.42 Å². The van der Waals surface area contributed by atoms with Crippen LogP contribution < -0.4 is 0 Å². The molecule has 2 aromatic rings. The number of aryl methyl sites for hydroxylation is 1. The van der Waals surface area contributed by atoms with Crippen LogP contribution in [0.4, 0.5) is 0 Å². The maximum Gasteiger partial charge on any atom is 0.246 e. The smallest absolute Gasteiger partial charge is 0.246 e. The van der Waals surface area contributed by atoms with Crippen molar-refractivity contribution in [3.05, 3.63) is 36.4 Å². The van der Waals surface area contributed by atoms with Gasteiger partial charge in [0, 0.05) is 31.7 Å². The number of sulfonamides is 1. The molecule has 114 valence electrons. The lowest BCUT2D eigenvalue weighted by Crippen LogP contribution is -2.35. The highest BCUT2D eigenvalue weighted by Crippen LogP contribution is 2.34. The van der Waals surface area contributed by atoms with Crippen LogP contribution in [0.1, 0.15) is 37.4 Å². The Balaban J connectivity index is 2.02. The Hall–Kier alpha value is -1.60. The maximum atomic E-state index is 12.9. The topological polar surface area (TPSA) is 71.0 Å². The van der Waals surface area contributed by atoms with E-state index in [1.165, 1.54) is 12.4 Å². The van der Waals surface area contributed by atoms with Crippen molar-refractivity contribution in [1.82, 2.24) is 19.1 Å². The number of hydrogen-bond acceptors (Lipinski definition) is 3. The van der Waals surface area contributed by atoms with E-state index in [4.69, 9.17) is 0 Å². The number of nitrogens with zero attached hydrogens (tertiary/aromatic N) is 3. The Morgan fingerprint density at radius 2 is 2.19 bits per heavy atom. The van der Waals surface area contributed by atoms with Crippen molar-refractivity contribution in [2.24, 2.45) is 7.05 Å². The Kier molecular flexibility index (Phi) is 3.86. The van der Waals surface area contributed by atoms with Crippen LogP contribution in [0.15, 0.2) is 35.6 Å². The molecule has 0 saturated carbocycles. The van der Waals surface area contributed by atoms with Gasteiger partial charge in [-0.3, -0.25) is 5.10 Å². The molecular formula is C14H20N4O2S. The third-order valence-corrected chi connectivity index (χ3v) is 5.98. The third kappa shape index (κ3) is 2.63. The third-order valence-electron chi connectivity index (χ3n) is 4.11. The summed E-state index contributed by atoms with van der Waals surface area (Å²) in [7, 11) is -1.55. The number of aromatic amines is 1. The van der Waals surface area contributed by atoms with Gasteiger partial charge in [0.25, 0.3) is 0 Å². The fraction of sp³-hybridized carbons (Fsp3) is 0.500. The van der Waals surface area contributed by atoms with Crippen LogP contribution in [0.25, 0.3) is 0 Å². The van der Waals surface area contributed by atoms with Crippen molar-refractivity contribution < 1.29 is 8.42 Å². The molecule has 7 heteroatoms. The van der Waals surface area contributed by atoms with E-state index >= 15 is 0 Å². The van der Waals surface area contributed by atoms with E-state index in [2.05, 4.69) is 10.2 Å². The molecule has 0 aromatic carbocycles. The second-order valence-corrected chi connectivity index (χ2v) is 7.35. The Morgan fingerprint density at radius 1 is 1.33 bits per heavy atom. The second-order valence-electron chi connectivity index (χ2n) is 5.46. The van der Waals surface area contributed by atoms with E-state index in [0.29, 0.717) is 6.54 Å². The second kappa shape index (κ2) is 5.65. The number of H-pyrrole nitrogens is 1. The van der Waals surface area contributed by atoms with Crippen molar-refractivity contribution in [3.63, 3.8) is 0 Å². The normalized spacial score (nSPS) is 21.3. The van der Waals surface area contributed by atoms with E-state index < -0.39 is 10.0 Å². The molecule has 2 aromatic heterocycles. The molecule has 3 rings (SSSR count). The number of rotatable bonds is 3. The number of hydrogen-bond donors (Lipinski definition) is 1. The average molecular weight is 308 g/mol. The van der Waals surface area contributed by atoms with Gasteiger partial charge in [-0.1, -0.05) is 12.8 Å². The minimum absolute atomic E-state index is 0.104. The van der Waals surface area contributed by atoms with Gasteiger partial charge in [-0.15, -0.1) is 0 Å². The zero-order valence-corrected chi connectivity index (χ0v) is 12.9. The summed E-state index contributed by atoms with van der Waals surface area (Å²) < 4.78 is 29.4. The molecular weight excluding hydrogens is 288 g/mol. The highest BCUT2D eigenvalue weighted by atomic mass is 32.2. The van der Waals surface area contributed by atoms with Crippen LogP contribution in [0.5, 0.6) is 0 Å². The number of aromatic nitrogens is 3. The van der Waals surface area contributed by atoms with Crippen LogP contribution in [0.2, 0.25) is 0 Å². The van der Waals surface area contributed by atoms with E-state index in [9.17, 15) is 8.42 Å². The van der Waals surface area contributed by atoms with Crippen LogP contribution >= 0.6 is 0 Å². The molecule has 0 radical (unpaired) electrons. The molecule has 1 aliphatic rings. The van der Waals surface area contributed by atoms with Gasteiger partial charge in [0.15, 0.2) is 0 Å². The lowest BCUT2D eigenvalue weighted by Gasteiger charge is -2.29. The molecule has 0 amide bonds. The molecule has 1 fully saturated rings. The summed E-state index contributed by atoms with van der Waals surface area (Å²) in [4.78, 5) is 0.239. The lowest BCUT2D eigenvalue weighted by molar-refractivity contribution is 0.318. The molecule has 1 atom stereocenters. The first kappa shape index (κ1) is 14.3. The van der Waals surface area contributed by atoms with E-state index in [0.717, 1.165) is 31.4 Å². The molecule has 1 N–H and O–H groups in total. The van der Waals surface area contributed by atoms with E-state index in [-0.39, 0.29) is 10.9 Å². The highest BCUT2D eigenvalue weighted by molar-refractivity contribution is 7.89. The first-order chi connectivity index (χ1) is 10.1. The van der Waals surface area contributed by atoms with Gasteiger partial charge in [-0.2, -0.15) is 9.40 Å². The molecule has 1 unspecified atom stereocenters. The summed E-state index contributed by atoms with van der Waals surface area (Å²) in [6.07, 6.45) is 8.66. The largest absolute Gasteiger partial charge is 0.353 e. The van der Waals surface area contributed by atoms with Crippen molar-refractivity contribution >= 4 is 10.0 Å². The molecule has 0 aliphatic carbocycles. The molecule has 3 heterocycles. The zero-order valence-electron chi connectivity index (χ0n) is 12.1. The van der Waals surface area contributed by atoms with Crippen molar-refractivity contribution in [2.45, 2.75) is 36.6 Å². The maximum absolute atomic E-state index is 12.9. The van der Waals surface area contributed by atoms with Crippen molar-refractivity contribution in [3.8, 4) is 0 Å². The summed E-state index contributed by atoms with van der Waals surface area (Å²) in [6, 6.07) is 3.86. The molecule has 1 saturated heterocycles. The standard InChI is InChI=1S/C14H20N4O2S/c1-17-8-5-7-13(17)14-6-3-2-4-9-18(14)21(19,20)12-10-15-16-11-12/h5,7-8,10-11,14H,2-4,6,9H2,1H3,(H,15,16). The van der Waals surface area contributed by atoms with E-state index in [1.54, 1.807) is 4.31 Å². The molecule has 0 bridgehead atoms. The van der Waals surface area contributed by atoms with Crippen molar-refractivity contribution in [1.29, 1.82) is 0 Å². The molecule has 0 spiro atoms. The molecule has 6 nitrogen and oxygen atoms in total.